The van der Waals surface area contributed by atoms with E-state index in [2.05, 4.69) is 4.98 Å². The van der Waals surface area contributed by atoms with Gasteiger partial charge < -0.3 is 4.57 Å². The maximum Gasteiger partial charge on any atom is 0.185 e. The van der Waals surface area contributed by atoms with E-state index in [1.807, 2.05) is 0 Å². The van der Waals surface area contributed by atoms with Gasteiger partial charge in [-0.25, -0.2) is 4.98 Å². The third-order valence-electron chi connectivity index (χ3n) is 2.46. The van der Waals surface area contributed by atoms with Crippen LogP contribution in [0.5, 0.6) is 0 Å². The molecule has 0 aliphatic rings. The lowest BCUT2D eigenvalue weighted by Gasteiger charge is -2.04. The molecule has 0 fully saturated rings. The highest BCUT2D eigenvalue weighted by Crippen LogP contribution is 2.22. The standard InChI is InChI=1S/C12H10Cl2N2O/c1-16-7-15-6-11(16)12(17)5-8-4-9(13)2-3-10(8)14/h2-4,6-7H,5H2,1H3. The first-order valence-electron chi connectivity index (χ1n) is 5.01. The van der Waals surface area contributed by atoms with Crippen LogP contribution in [0, 0.1) is 0 Å². The fraction of sp³-hybridized carbons (Fsp3) is 0.167. The molecule has 1 aromatic carbocycles. The van der Waals surface area contributed by atoms with Crippen molar-refractivity contribution < 1.29 is 4.79 Å². The number of nitrogens with zero attached hydrogens (tertiary/aromatic N) is 2. The fourth-order valence-electron chi connectivity index (χ4n) is 1.57. The van der Waals surface area contributed by atoms with Crippen LogP contribution in [-0.4, -0.2) is 15.3 Å². The van der Waals surface area contributed by atoms with Gasteiger partial charge >= 0.3 is 0 Å². The second kappa shape index (κ2) is 4.90. The van der Waals surface area contributed by atoms with Crippen molar-refractivity contribution >= 4 is 29.0 Å². The van der Waals surface area contributed by atoms with E-state index in [1.54, 1.807) is 42.3 Å². The van der Waals surface area contributed by atoms with E-state index in [9.17, 15) is 4.79 Å². The number of carbonyl (C=O) groups excluding carboxylic acids is 1. The Labute approximate surface area is 109 Å². The lowest BCUT2D eigenvalue weighted by molar-refractivity contribution is 0.0985. The minimum absolute atomic E-state index is 0.0332. The van der Waals surface area contributed by atoms with Crippen LogP contribution in [0.25, 0.3) is 0 Å². The summed E-state index contributed by atoms with van der Waals surface area (Å²) < 4.78 is 1.68. The molecule has 3 nitrogen and oxygen atoms in total. The molecular weight excluding hydrogens is 259 g/mol. The molecule has 0 amide bonds. The third kappa shape index (κ3) is 2.68. The average molecular weight is 269 g/mol. The SMILES string of the molecule is Cn1cncc1C(=O)Cc1cc(Cl)ccc1Cl. The Morgan fingerprint density at radius 2 is 2.18 bits per heavy atom. The van der Waals surface area contributed by atoms with Gasteiger partial charge in [0, 0.05) is 23.5 Å². The first kappa shape index (κ1) is 12.1. The van der Waals surface area contributed by atoms with Crippen LogP contribution in [0.4, 0.5) is 0 Å². The van der Waals surface area contributed by atoms with E-state index in [1.165, 1.54) is 0 Å². The number of hydrogen-bond donors (Lipinski definition) is 0. The van der Waals surface area contributed by atoms with Gasteiger partial charge in [0.15, 0.2) is 5.78 Å². The number of rotatable bonds is 3. The van der Waals surface area contributed by atoms with Gasteiger partial charge in [-0.3, -0.25) is 4.79 Å². The summed E-state index contributed by atoms with van der Waals surface area (Å²) in [6.07, 6.45) is 3.35. The van der Waals surface area contributed by atoms with Crippen molar-refractivity contribution in [2.45, 2.75) is 6.42 Å². The smallest absolute Gasteiger partial charge is 0.185 e. The van der Waals surface area contributed by atoms with Gasteiger partial charge in [-0.2, -0.15) is 0 Å². The molecule has 0 bridgehead atoms. The highest BCUT2D eigenvalue weighted by atomic mass is 35.5. The number of aromatic nitrogens is 2. The second-order valence-corrected chi connectivity index (χ2v) is 4.57. The van der Waals surface area contributed by atoms with Crippen LogP contribution in [0.2, 0.25) is 10.0 Å². The number of benzene rings is 1. The van der Waals surface area contributed by atoms with Crippen LogP contribution >= 0.6 is 23.2 Å². The Morgan fingerprint density at radius 1 is 1.41 bits per heavy atom. The summed E-state index contributed by atoms with van der Waals surface area (Å²) in [4.78, 5) is 15.9. The van der Waals surface area contributed by atoms with Crippen LogP contribution in [0.15, 0.2) is 30.7 Å². The molecule has 0 radical (unpaired) electrons. The Balaban J connectivity index is 2.24. The number of Topliss-reactive ketones (excluding diaryl/α,β-unsaturated/α-hetero) is 1. The summed E-state index contributed by atoms with van der Waals surface area (Å²) in [7, 11) is 1.78. The van der Waals surface area contributed by atoms with Gasteiger partial charge in [0.2, 0.25) is 0 Å². The Morgan fingerprint density at radius 3 is 2.82 bits per heavy atom. The van der Waals surface area contributed by atoms with Gasteiger partial charge in [0.05, 0.1) is 12.5 Å². The molecule has 0 N–H and O–H groups in total. The quantitative estimate of drug-likeness (QED) is 0.802. The Bertz CT molecular complexity index is 563. The Hall–Kier alpha value is -1.32. The maximum absolute atomic E-state index is 12.0. The average Bonchev–Trinajstić information content (AvgIpc) is 2.70. The normalized spacial score (nSPS) is 10.5. The van der Waals surface area contributed by atoms with Crippen molar-refractivity contribution in [2.75, 3.05) is 0 Å². The highest BCUT2D eigenvalue weighted by Gasteiger charge is 2.12. The largest absolute Gasteiger partial charge is 0.331 e. The molecule has 2 aromatic rings. The molecule has 0 aliphatic heterocycles. The molecule has 2 rings (SSSR count). The van der Waals surface area contributed by atoms with E-state index in [-0.39, 0.29) is 12.2 Å². The van der Waals surface area contributed by atoms with Crippen LogP contribution in [0.3, 0.4) is 0 Å². The first-order valence-corrected chi connectivity index (χ1v) is 5.77. The van der Waals surface area contributed by atoms with Gasteiger partial charge in [0.1, 0.15) is 5.69 Å². The summed E-state index contributed by atoms with van der Waals surface area (Å²) in [6.45, 7) is 0. The van der Waals surface area contributed by atoms with Crippen LogP contribution in [0.1, 0.15) is 16.1 Å². The number of imidazole rings is 1. The zero-order valence-electron chi connectivity index (χ0n) is 9.15. The van der Waals surface area contributed by atoms with Crippen LogP contribution < -0.4 is 0 Å². The van der Waals surface area contributed by atoms with Gasteiger partial charge in [-0.1, -0.05) is 23.2 Å². The summed E-state index contributed by atoms with van der Waals surface area (Å²) in [5.41, 5.74) is 1.28. The molecular formula is C12H10Cl2N2O. The van der Waals surface area contributed by atoms with E-state index in [4.69, 9.17) is 23.2 Å². The fourth-order valence-corrected chi connectivity index (χ4v) is 1.95. The Kier molecular flexibility index (Phi) is 3.50. The number of halogens is 2. The number of hydrogen-bond acceptors (Lipinski definition) is 2. The van der Waals surface area contributed by atoms with Crippen LogP contribution in [-0.2, 0) is 13.5 Å². The molecule has 1 aromatic heterocycles. The maximum atomic E-state index is 12.0. The number of aryl methyl sites for hydroxylation is 1. The van der Waals surface area contributed by atoms with Gasteiger partial charge in [0.25, 0.3) is 0 Å². The van der Waals surface area contributed by atoms with Crippen molar-refractivity contribution in [3.05, 3.63) is 52.0 Å². The predicted molar refractivity (Wildman–Crippen MR) is 67.7 cm³/mol. The summed E-state index contributed by atoms with van der Waals surface area (Å²) >= 11 is 11.9. The number of carbonyl (C=O) groups is 1. The van der Waals surface area contributed by atoms with Crippen molar-refractivity contribution in [1.82, 2.24) is 9.55 Å². The third-order valence-corrected chi connectivity index (χ3v) is 3.06. The molecule has 0 saturated carbocycles. The molecule has 5 heteroatoms. The van der Waals surface area contributed by atoms with Crippen molar-refractivity contribution in [1.29, 1.82) is 0 Å². The number of ketones is 1. The lowest BCUT2D eigenvalue weighted by atomic mass is 10.1. The van der Waals surface area contributed by atoms with Crippen molar-refractivity contribution in [3.63, 3.8) is 0 Å². The van der Waals surface area contributed by atoms with E-state index in [0.29, 0.717) is 15.7 Å². The molecule has 0 aliphatic carbocycles. The van der Waals surface area contributed by atoms with Crippen molar-refractivity contribution in [3.8, 4) is 0 Å². The summed E-state index contributed by atoms with van der Waals surface area (Å²) in [6, 6.07) is 5.09. The summed E-state index contributed by atoms with van der Waals surface area (Å²) in [5, 5.41) is 1.12. The molecule has 0 spiro atoms. The highest BCUT2D eigenvalue weighted by molar-refractivity contribution is 6.33. The van der Waals surface area contributed by atoms with Gasteiger partial charge in [-0.05, 0) is 23.8 Å². The zero-order valence-corrected chi connectivity index (χ0v) is 10.7. The molecule has 88 valence electrons. The molecule has 17 heavy (non-hydrogen) atoms. The summed E-state index contributed by atoms with van der Waals surface area (Å²) in [5.74, 6) is -0.0332. The zero-order chi connectivity index (χ0) is 12.4. The minimum atomic E-state index is -0.0332. The monoisotopic (exact) mass is 268 g/mol. The van der Waals surface area contributed by atoms with E-state index in [0.717, 1.165) is 5.56 Å². The topological polar surface area (TPSA) is 34.9 Å². The van der Waals surface area contributed by atoms with Gasteiger partial charge in [-0.15, -0.1) is 0 Å². The molecule has 0 unspecified atom stereocenters. The minimum Gasteiger partial charge on any atom is -0.331 e. The molecule has 0 atom stereocenters. The van der Waals surface area contributed by atoms with E-state index < -0.39 is 0 Å². The lowest BCUT2D eigenvalue weighted by Crippen LogP contribution is -2.08. The first-order chi connectivity index (χ1) is 8.08. The molecule has 1 heterocycles. The van der Waals surface area contributed by atoms with E-state index >= 15 is 0 Å². The predicted octanol–water partition coefficient (Wildman–Crippen LogP) is 3.15. The molecule has 0 saturated heterocycles. The van der Waals surface area contributed by atoms with Crippen molar-refractivity contribution in [2.24, 2.45) is 7.05 Å². The second-order valence-electron chi connectivity index (χ2n) is 3.73.